The Bertz CT molecular complexity index is 1300. The molecule has 2 heterocycles. The molecule has 0 saturated heterocycles. The molecule has 1 amide bonds. The molecule has 4 rings (SSSR count). The number of thiocarbonyl (C=S) groups is 1. The number of amides is 1. The molecule has 0 bridgehead atoms. The van der Waals surface area contributed by atoms with Gasteiger partial charge in [0.1, 0.15) is 11.3 Å². The number of halogens is 2. The number of hydrogen-bond donors (Lipinski definition) is 2. The van der Waals surface area contributed by atoms with E-state index in [2.05, 4.69) is 20.6 Å². The zero-order valence-corrected chi connectivity index (χ0v) is 19.0. The van der Waals surface area contributed by atoms with Crippen molar-refractivity contribution in [3.05, 3.63) is 71.0 Å². The number of aromatic nitrogens is 2. The lowest BCUT2D eigenvalue weighted by Crippen LogP contribution is -2.42. The van der Waals surface area contributed by atoms with Gasteiger partial charge in [-0.1, -0.05) is 23.2 Å². The Labute approximate surface area is 198 Å². The first kappa shape index (κ1) is 22.0. The van der Waals surface area contributed by atoms with Crippen LogP contribution in [0.4, 0.5) is 5.69 Å². The van der Waals surface area contributed by atoms with Crippen molar-refractivity contribution in [2.45, 2.75) is 13.0 Å². The van der Waals surface area contributed by atoms with Crippen LogP contribution in [0.15, 0.2) is 65.3 Å². The predicted molar refractivity (Wildman–Crippen MR) is 128 cm³/mol. The average Bonchev–Trinajstić information content (AvgIpc) is 3.19. The number of ether oxygens (including phenoxy) is 1. The normalized spacial score (nSPS) is 11.7. The van der Waals surface area contributed by atoms with Gasteiger partial charge in [-0.05, 0) is 67.7 Å². The molecule has 10 heteroatoms. The maximum Gasteiger partial charge on any atom is 0.266 e. The van der Waals surface area contributed by atoms with Crippen LogP contribution in [0.25, 0.3) is 22.6 Å². The molecule has 2 aromatic heterocycles. The lowest BCUT2D eigenvalue weighted by Gasteiger charge is -2.16. The van der Waals surface area contributed by atoms with E-state index >= 15 is 0 Å². The molecule has 0 aliphatic heterocycles. The summed E-state index contributed by atoms with van der Waals surface area (Å²) in [7, 11) is 0. The topological polar surface area (TPSA) is 89.3 Å². The molecule has 0 radical (unpaired) electrons. The van der Waals surface area contributed by atoms with Crippen molar-refractivity contribution in [1.82, 2.24) is 15.3 Å². The fourth-order valence-corrected chi connectivity index (χ4v) is 3.49. The highest BCUT2D eigenvalue weighted by molar-refractivity contribution is 7.80. The summed E-state index contributed by atoms with van der Waals surface area (Å²) in [4.78, 5) is 20.9. The molecule has 2 aromatic carbocycles. The zero-order chi connectivity index (χ0) is 22.7. The van der Waals surface area contributed by atoms with Crippen LogP contribution in [-0.2, 0) is 4.79 Å². The molecule has 1 atom stereocenters. The lowest BCUT2D eigenvalue weighted by atomic mass is 10.3. The monoisotopic (exact) mass is 486 g/mol. The fraction of sp³-hybridized carbons (Fsp3) is 0.0909. The highest BCUT2D eigenvalue weighted by Gasteiger charge is 2.18. The number of nitrogens with one attached hydrogen (secondary N) is 2. The molecular formula is C22H16Cl2N4O3S. The van der Waals surface area contributed by atoms with Gasteiger partial charge in [-0.15, -0.1) is 0 Å². The number of fused-ring (bicyclic) bond motifs is 1. The van der Waals surface area contributed by atoms with Gasteiger partial charge in [-0.2, -0.15) is 0 Å². The fourth-order valence-electron chi connectivity index (χ4n) is 2.81. The molecule has 0 aliphatic carbocycles. The quantitative estimate of drug-likeness (QED) is 0.361. The third-order valence-corrected chi connectivity index (χ3v) is 5.11. The molecular weight excluding hydrogens is 471 g/mol. The van der Waals surface area contributed by atoms with Crippen LogP contribution in [0.5, 0.6) is 5.75 Å². The third kappa shape index (κ3) is 5.16. The number of pyridine rings is 1. The Hall–Kier alpha value is -3.20. The summed E-state index contributed by atoms with van der Waals surface area (Å²) in [6.45, 7) is 1.59. The summed E-state index contributed by atoms with van der Waals surface area (Å²) >= 11 is 17.2. The van der Waals surface area contributed by atoms with E-state index in [1.807, 2.05) is 12.1 Å². The Morgan fingerprint density at radius 3 is 2.66 bits per heavy atom. The highest BCUT2D eigenvalue weighted by atomic mass is 35.5. The van der Waals surface area contributed by atoms with Crippen LogP contribution in [0.2, 0.25) is 10.0 Å². The molecule has 0 saturated carbocycles. The number of rotatable bonds is 5. The Morgan fingerprint density at radius 2 is 1.91 bits per heavy atom. The number of nitrogens with zero attached hydrogens (tertiary/aromatic N) is 2. The first-order valence-corrected chi connectivity index (χ1v) is 10.6. The summed E-state index contributed by atoms with van der Waals surface area (Å²) in [5.74, 6) is 0.400. The maximum absolute atomic E-state index is 12.4. The van der Waals surface area contributed by atoms with Crippen LogP contribution >= 0.6 is 35.4 Å². The van der Waals surface area contributed by atoms with Gasteiger partial charge in [0, 0.05) is 28.7 Å². The second-order valence-corrected chi connectivity index (χ2v) is 7.97. The zero-order valence-electron chi connectivity index (χ0n) is 16.6. The summed E-state index contributed by atoms with van der Waals surface area (Å²) in [6, 6.07) is 13.7. The summed E-state index contributed by atoms with van der Waals surface area (Å²) in [6.07, 6.45) is 2.50. The molecule has 0 fully saturated rings. The maximum atomic E-state index is 12.4. The highest BCUT2D eigenvalue weighted by Crippen LogP contribution is 2.28. The second-order valence-electron chi connectivity index (χ2n) is 6.72. The van der Waals surface area contributed by atoms with E-state index in [0.29, 0.717) is 38.5 Å². The SMILES string of the molecule is CC(Oc1ccc(Cl)cc1Cl)C(=O)NC(=S)Nc1ccc2oc(-c3ccncc3)nc2c1. The summed E-state index contributed by atoms with van der Waals surface area (Å²) < 4.78 is 11.4. The summed E-state index contributed by atoms with van der Waals surface area (Å²) in [5.41, 5.74) is 2.74. The van der Waals surface area contributed by atoms with Crippen molar-refractivity contribution >= 4 is 63.2 Å². The van der Waals surface area contributed by atoms with E-state index < -0.39 is 12.0 Å². The number of carbonyl (C=O) groups is 1. The Morgan fingerprint density at radius 1 is 1.12 bits per heavy atom. The molecule has 4 aromatic rings. The third-order valence-electron chi connectivity index (χ3n) is 4.38. The molecule has 162 valence electrons. The van der Waals surface area contributed by atoms with Crippen molar-refractivity contribution in [3.8, 4) is 17.2 Å². The number of hydrogen-bond acceptors (Lipinski definition) is 6. The first-order chi connectivity index (χ1) is 15.4. The minimum Gasteiger partial charge on any atom is -0.479 e. The first-order valence-electron chi connectivity index (χ1n) is 9.43. The number of oxazole rings is 1. The van der Waals surface area contributed by atoms with Crippen molar-refractivity contribution in [3.63, 3.8) is 0 Å². The van der Waals surface area contributed by atoms with E-state index in [9.17, 15) is 4.79 Å². The van der Waals surface area contributed by atoms with Crippen molar-refractivity contribution < 1.29 is 13.9 Å². The molecule has 0 aliphatic rings. The molecule has 1 unspecified atom stereocenters. The van der Waals surface area contributed by atoms with E-state index in [-0.39, 0.29) is 5.11 Å². The van der Waals surface area contributed by atoms with E-state index in [1.54, 1.807) is 49.6 Å². The smallest absolute Gasteiger partial charge is 0.266 e. The summed E-state index contributed by atoms with van der Waals surface area (Å²) in [5, 5.41) is 6.45. The van der Waals surface area contributed by atoms with Gasteiger partial charge in [-0.3, -0.25) is 15.1 Å². The Balaban J connectivity index is 1.39. The minimum absolute atomic E-state index is 0.116. The van der Waals surface area contributed by atoms with E-state index in [0.717, 1.165) is 5.56 Å². The average molecular weight is 487 g/mol. The second kappa shape index (κ2) is 9.52. The molecule has 32 heavy (non-hydrogen) atoms. The largest absolute Gasteiger partial charge is 0.479 e. The van der Waals surface area contributed by atoms with Crippen molar-refractivity contribution in [2.75, 3.05) is 5.32 Å². The van der Waals surface area contributed by atoms with Crippen LogP contribution < -0.4 is 15.4 Å². The van der Waals surface area contributed by atoms with Crippen LogP contribution in [0.3, 0.4) is 0 Å². The number of carbonyl (C=O) groups excluding carboxylic acids is 1. The standard InChI is InChI=1S/C22H16Cl2N4O3S/c1-12(30-18-4-2-14(23)10-16(18)24)20(29)28-22(32)26-15-3-5-19-17(11-15)27-21(31-19)13-6-8-25-9-7-13/h2-12H,1H3,(H2,26,28,29,32). The van der Waals surface area contributed by atoms with E-state index in [4.69, 9.17) is 44.6 Å². The van der Waals surface area contributed by atoms with Crippen molar-refractivity contribution in [1.29, 1.82) is 0 Å². The van der Waals surface area contributed by atoms with Crippen LogP contribution in [-0.4, -0.2) is 27.1 Å². The van der Waals surface area contributed by atoms with Gasteiger partial charge in [0.05, 0.1) is 5.02 Å². The number of anilines is 1. The van der Waals surface area contributed by atoms with E-state index in [1.165, 1.54) is 6.07 Å². The van der Waals surface area contributed by atoms with Crippen LogP contribution in [0.1, 0.15) is 6.92 Å². The predicted octanol–water partition coefficient (Wildman–Crippen LogP) is 5.48. The van der Waals surface area contributed by atoms with Gasteiger partial charge in [0.15, 0.2) is 16.8 Å². The minimum atomic E-state index is -0.839. The Kier molecular flexibility index (Phi) is 6.55. The van der Waals surface area contributed by atoms with Gasteiger partial charge in [-0.25, -0.2) is 4.98 Å². The molecule has 0 spiro atoms. The van der Waals surface area contributed by atoms with Crippen LogP contribution in [0, 0.1) is 0 Å². The van der Waals surface area contributed by atoms with Gasteiger partial charge >= 0.3 is 0 Å². The molecule has 7 nitrogen and oxygen atoms in total. The van der Waals surface area contributed by atoms with Gasteiger partial charge < -0.3 is 14.5 Å². The van der Waals surface area contributed by atoms with Gasteiger partial charge in [0.2, 0.25) is 5.89 Å². The van der Waals surface area contributed by atoms with Gasteiger partial charge in [0.25, 0.3) is 5.91 Å². The molecule has 2 N–H and O–H groups in total. The van der Waals surface area contributed by atoms with Crippen molar-refractivity contribution in [2.24, 2.45) is 0 Å². The number of benzene rings is 2. The lowest BCUT2D eigenvalue weighted by molar-refractivity contribution is -0.125.